The summed E-state index contributed by atoms with van der Waals surface area (Å²) >= 11 is 0. The first-order valence-electron chi connectivity index (χ1n) is 6.54. The molecular weight excluding hydrogens is 355 g/mol. The molecule has 0 aliphatic rings. The van der Waals surface area contributed by atoms with Gasteiger partial charge < -0.3 is 15.2 Å². The zero-order chi connectivity index (χ0) is 13.4. The molecule has 1 heterocycles. The highest BCUT2D eigenvalue weighted by Crippen LogP contribution is 2.03. The summed E-state index contributed by atoms with van der Waals surface area (Å²) in [6, 6.07) is 1.97. The van der Waals surface area contributed by atoms with Crippen LogP contribution in [-0.2, 0) is 13.0 Å². The Hall–Kier alpha value is -0.790. The zero-order valence-electron chi connectivity index (χ0n) is 12.2. The second-order valence-electron chi connectivity index (χ2n) is 4.67. The van der Waals surface area contributed by atoms with Crippen molar-refractivity contribution in [3.05, 3.63) is 17.5 Å². The lowest BCUT2D eigenvalue weighted by atomic mass is 10.1. The van der Waals surface area contributed by atoms with Crippen molar-refractivity contribution in [2.75, 3.05) is 13.6 Å². The fourth-order valence-corrected chi connectivity index (χ4v) is 1.48. The van der Waals surface area contributed by atoms with Gasteiger partial charge in [-0.05, 0) is 18.8 Å². The van der Waals surface area contributed by atoms with Gasteiger partial charge in [-0.2, -0.15) is 0 Å². The summed E-state index contributed by atoms with van der Waals surface area (Å²) in [5.74, 6) is 2.32. The predicted molar refractivity (Wildman–Crippen MR) is 89.0 cm³/mol. The molecule has 0 radical (unpaired) electrons. The Bertz CT molecular complexity index is 376. The van der Waals surface area contributed by atoms with Crippen LogP contribution < -0.4 is 10.6 Å². The minimum absolute atomic E-state index is 0. The third kappa shape index (κ3) is 7.39. The monoisotopic (exact) mass is 380 g/mol. The van der Waals surface area contributed by atoms with Gasteiger partial charge in [0.05, 0.1) is 12.2 Å². The zero-order valence-corrected chi connectivity index (χ0v) is 14.5. The van der Waals surface area contributed by atoms with Crippen LogP contribution in [0, 0.1) is 5.92 Å². The first-order valence-corrected chi connectivity index (χ1v) is 6.54. The van der Waals surface area contributed by atoms with Gasteiger partial charge in [-0.1, -0.05) is 25.9 Å². The maximum Gasteiger partial charge on any atom is 0.191 e. The minimum Gasteiger partial charge on any atom is -0.359 e. The van der Waals surface area contributed by atoms with Gasteiger partial charge in [-0.3, -0.25) is 4.99 Å². The van der Waals surface area contributed by atoms with E-state index in [1.54, 1.807) is 7.05 Å². The molecule has 0 aromatic carbocycles. The third-order valence-electron chi connectivity index (χ3n) is 2.64. The average molecular weight is 380 g/mol. The largest absolute Gasteiger partial charge is 0.359 e. The number of hydrogen-bond donors (Lipinski definition) is 2. The summed E-state index contributed by atoms with van der Waals surface area (Å²) < 4.78 is 5.20. The Morgan fingerprint density at radius 1 is 1.42 bits per heavy atom. The van der Waals surface area contributed by atoms with Crippen LogP contribution in [0.25, 0.3) is 0 Å². The van der Waals surface area contributed by atoms with Crippen molar-refractivity contribution in [2.24, 2.45) is 10.9 Å². The molecule has 1 aromatic heterocycles. The summed E-state index contributed by atoms with van der Waals surface area (Å²) in [4.78, 5) is 4.16. The fraction of sp³-hybridized carbons (Fsp3) is 0.692. The Balaban J connectivity index is 0.00000324. The van der Waals surface area contributed by atoms with Gasteiger partial charge in [-0.15, -0.1) is 24.0 Å². The summed E-state index contributed by atoms with van der Waals surface area (Å²) in [6.45, 7) is 8.00. The molecule has 0 spiro atoms. The van der Waals surface area contributed by atoms with Crippen molar-refractivity contribution in [1.82, 2.24) is 15.8 Å². The molecular formula is C13H25IN4O. The molecule has 110 valence electrons. The normalized spacial score (nSPS) is 11.3. The number of aryl methyl sites for hydroxylation is 1. The first kappa shape index (κ1) is 18.2. The summed E-state index contributed by atoms with van der Waals surface area (Å²) in [5.41, 5.74) is 0.981. The van der Waals surface area contributed by atoms with Crippen LogP contribution in [0.1, 0.15) is 38.6 Å². The molecule has 0 unspecified atom stereocenters. The highest BCUT2D eigenvalue weighted by Gasteiger charge is 2.04. The molecule has 5 nitrogen and oxygen atoms in total. The van der Waals surface area contributed by atoms with Crippen molar-refractivity contribution in [1.29, 1.82) is 0 Å². The van der Waals surface area contributed by atoms with Gasteiger partial charge in [-0.25, -0.2) is 0 Å². The lowest BCUT2D eigenvalue weighted by molar-refractivity contribution is 0.374. The molecule has 1 rings (SSSR count). The van der Waals surface area contributed by atoms with Crippen molar-refractivity contribution >= 4 is 29.9 Å². The average Bonchev–Trinajstić information content (AvgIpc) is 2.81. The number of halogens is 1. The van der Waals surface area contributed by atoms with Gasteiger partial charge in [0.25, 0.3) is 0 Å². The summed E-state index contributed by atoms with van der Waals surface area (Å²) in [5, 5.41) is 10.4. The van der Waals surface area contributed by atoms with E-state index in [1.807, 2.05) is 6.07 Å². The molecule has 0 fully saturated rings. The number of nitrogens with zero attached hydrogens (tertiary/aromatic N) is 2. The fourth-order valence-electron chi connectivity index (χ4n) is 1.48. The van der Waals surface area contributed by atoms with E-state index in [9.17, 15) is 0 Å². The number of rotatable bonds is 6. The van der Waals surface area contributed by atoms with Crippen LogP contribution in [0.4, 0.5) is 0 Å². The van der Waals surface area contributed by atoms with Gasteiger partial charge in [0.2, 0.25) is 0 Å². The minimum atomic E-state index is 0. The Morgan fingerprint density at radius 3 is 2.68 bits per heavy atom. The highest BCUT2D eigenvalue weighted by atomic mass is 127. The molecule has 0 aliphatic heterocycles. The van der Waals surface area contributed by atoms with E-state index < -0.39 is 0 Å². The quantitative estimate of drug-likeness (QED) is 0.453. The standard InChI is InChI=1S/C13H24N4O.HI/c1-5-11-8-12(18-17-11)9-16-13(14-4)15-7-6-10(2)3;/h8,10H,5-7,9H2,1-4H3,(H2,14,15,16);1H. The van der Waals surface area contributed by atoms with E-state index in [1.165, 1.54) is 0 Å². The second kappa shape index (κ2) is 10.1. The molecule has 0 bridgehead atoms. The lowest BCUT2D eigenvalue weighted by Crippen LogP contribution is -2.37. The predicted octanol–water partition coefficient (Wildman–Crippen LogP) is 2.57. The molecule has 0 amide bonds. The number of hydrogen-bond acceptors (Lipinski definition) is 3. The molecule has 0 atom stereocenters. The third-order valence-corrected chi connectivity index (χ3v) is 2.64. The summed E-state index contributed by atoms with van der Waals surface area (Å²) in [7, 11) is 1.77. The Labute approximate surface area is 132 Å². The smallest absolute Gasteiger partial charge is 0.191 e. The Kier molecular flexibility index (Phi) is 9.63. The maximum absolute atomic E-state index is 5.20. The molecule has 2 N–H and O–H groups in total. The van der Waals surface area contributed by atoms with Crippen LogP contribution in [0.3, 0.4) is 0 Å². The first-order chi connectivity index (χ1) is 8.65. The van der Waals surface area contributed by atoms with Crippen LogP contribution in [0.5, 0.6) is 0 Å². The van der Waals surface area contributed by atoms with Crippen LogP contribution in [-0.4, -0.2) is 24.7 Å². The van der Waals surface area contributed by atoms with Crippen molar-refractivity contribution < 1.29 is 4.52 Å². The molecule has 0 saturated carbocycles. The molecule has 6 heteroatoms. The number of guanidine groups is 1. The maximum atomic E-state index is 5.20. The number of nitrogens with one attached hydrogen (secondary N) is 2. The molecule has 1 aromatic rings. The molecule has 0 aliphatic carbocycles. The van der Waals surface area contributed by atoms with E-state index in [0.717, 1.165) is 36.8 Å². The van der Waals surface area contributed by atoms with Crippen molar-refractivity contribution in [3.8, 4) is 0 Å². The van der Waals surface area contributed by atoms with Crippen molar-refractivity contribution in [3.63, 3.8) is 0 Å². The number of aromatic nitrogens is 1. The van der Waals surface area contributed by atoms with Gasteiger partial charge in [0.1, 0.15) is 0 Å². The highest BCUT2D eigenvalue weighted by molar-refractivity contribution is 14.0. The van der Waals surface area contributed by atoms with Crippen LogP contribution >= 0.6 is 24.0 Å². The number of aliphatic imine (C=N–C) groups is 1. The Morgan fingerprint density at radius 2 is 2.16 bits per heavy atom. The van der Waals surface area contributed by atoms with Gasteiger partial charge in [0.15, 0.2) is 11.7 Å². The summed E-state index contributed by atoms with van der Waals surface area (Å²) in [6.07, 6.45) is 2.02. The van der Waals surface area contributed by atoms with Gasteiger partial charge >= 0.3 is 0 Å². The topological polar surface area (TPSA) is 62.5 Å². The van der Waals surface area contributed by atoms with E-state index in [2.05, 4.69) is 41.6 Å². The SMILES string of the molecule is CCc1cc(CNC(=NC)NCCC(C)C)on1.I. The van der Waals surface area contributed by atoms with Gasteiger partial charge in [0, 0.05) is 19.7 Å². The van der Waals surface area contributed by atoms with Crippen molar-refractivity contribution in [2.45, 2.75) is 40.2 Å². The van der Waals surface area contributed by atoms with E-state index in [4.69, 9.17) is 4.52 Å². The van der Waals surface area contributed by atoms with E-state index >= 15 is 0 Å². The van der Waals surface area contributed by atoms with Crippen LogP contribution in [0.15, 0.2) is 15.6 Å². The molecule has 0 saturated heterocycles. The van der Waals surface area contributed by atoms with E-state index in [0.29, 0.717) is 12.5 Å². The van der Waals surface area contributed by atoms with E-state index in [-0.39, 0.29) is 24.0 Å². The molecule has 19 heavy (non-hydrogen) atoms. The van der Waals surface area contributed by atoms with Crippen LogP contribution in [0.2, 0.25) is 0 Å². The second-order valence-corrected chi connectivity index (χ2v) is 4.67. The lowest BCUT2D eigenvalue weighted by Gasteiger charge is -2.11.